The fourth-order valence-electron chi connectivity index (χ4n) is 0. The molecular weight excluding hydrogens is 208 g/mol. The number of aliphatic hydroxyl groups is 4. The van der Waals surface area contributed by atoms with Gasteiger partial charge in [-0.2, -0.15) is 0 Å². The van der Waals surface area contributed by atoms with Crippen LogP contribution in [0.4, 0.5) is 0 Å². The van der Waals surface area contributed by atoms with Crippen LogP contribution >= 0.6 is 0 Å². The molecule has 0 aromatic carbocycles. The van der Waals surface area contributed by atoms with Gasteiger partial charge in [-0.05, 0) is 33.1 Å². The van der Waals surface area contributed by atoms with Gasteiger partial charge in [0, 0.05) is 25.9 Å². The minimum absolute atomic E-state index is 0.167. The first-order valence-electron chi connectivity index (χ1n) is 5.98. The molecule has 4 N–H and O–H groups in total. The predicted molar refractivity (Wildman–Crippen MR) is 69.5 cm³/mol. The standard InChI is InChI=1S/4C3H8O/c1-3(2)4;3*1-2-3-4/h3-4H,1-2H3;3*4H,2-3H2,1H3. The Bertz CT molecular complexity index is 49.8. The molecule has 0 atom stereocenters. The Morgan fingerprint density at radius 1 is 0.688 bits per heavy atom. The molecule has 16 heavy (non-hydrogen) atoms. The van der Waals surface area contributed by atoms with E-state index >= 15 is 0 Å². The van der Waals surface area contributed by atoms with E-state index in [1.54, 1.807) is 13.8 Å². The lowest BCUT2D eigenvalue weighted by Crippen LogP contribution is -1.85. The quantitative estimate of drug-likeness (QED) is 0.603. The number of hydrogen-bond donors (Lipinski definition) is 4. The highest BCUT2D eigenvalue weighted by molar-refractivity contribution is 4.20. The summed E-state index contributed by atoms with van der Waals surface area (Å²) in [5.74, 6) is 0. The summed E-state index contributed by atoms with van der Waals surface area (Å²) in [7, 11) is 0. The molecule has 4 heteroatoms. The first-order chi connectivity index (χ1) is 7.47. The summed E-state index contributed by atoms with van der Waals surface area (Å²) in [6.45, 7) is 10.2. The molecule has 0 aromatic heterocycles. The Balaban J connectivity index is -0.0000000600. The van der Waals surface area contributed by atoms with E-state index in [1.807, 2.05) is 20.8 Å². The second-order valence-electron chi connectivity index (χ2n) is 3.26. The third kappa shape index (κ3) is 283. The zero-order valence-electron chi connectivity index (χ0n) is 11.6. The maximum Gasteiger partial charge on any atom is 0.0483 e. The molecule has 4 nitrogen and oxygen atoms in total. The molecule has 0 unspecified atom stereocenters. The largest absolute Gasteiger partial charge is 0.396 e. The smallest absolute Gasteiger partial charge is 0.0483 e. The van der Waals surface area contributed by atoms with Gasteiger partial charge >= 0.3 is 0 Å². The van der Waals surface area contributed by atoms with E-state index in [0.29, 0.717) is 19.8 Å². The Hall–Kier alpha value is -0.160. The van der Waals surface area contributed by atoms with Crippen LogP contribution in [0.2, 0.25) is 0 Å². The van der Waals surface area contributed by atoms with E-state index in [1.165, 1.54) is 0 Å². The van der Waals surface area contributed by atoms with Gasteiger partial charge in [-0.1, -0.05) is 20.8 Å². The van der Waals surface area contributed by atoms with Gasteiger partial charge in [-0.15, -0.1) is 0 Å². The van der Waals surface area contributed by atoms with Crippen LogP contribution in [-0.2, 0) is 0 Å². The molecule has 0 heterocycles. The summed E-state index contributed by atoms with van der Waals surface area (Å²) in [4.78, 5) is 0. The molecule has 0 amide bonds. The van der Waals surface area contributed by atoms with Gasteiger partial charge < -0.3 is 20.4 Å². The molecule has 0 bridgehead atoms. The fourth-order valence-corrected chi connectivity index (χ4v) is 0. The molecule has 0 saturated carbocycles. The minimum Gasteiger partial charge on any atom is -0.396 e. The van der Waals surface area contributed by atoms with E-state index in [9.17, 15) is 0 Å². The van der Waals surface area contributed by atoms with Crippen LogP contribution in [-0.4, -0.2) is 46.4 Å². The minimum atomic E-state index is -0.167. The second kappa shape index (κ2) is 36.4. The first kappa shape index (κ1) is 24.9. The van der Waals surface area contributed by atoms with Crippen LogP contribution in [0.3, 0.4) is 0 Å². The van der Waals surface area contributed by atoms with Crippen molar-refractivity contribution in [2.45, 2.75) is 60.0 Å². The van der Waals surface area contributed by atoms with Gasteiger partial charge in [0.05, 0.1) is 0 Å². The molecule has 0 radical (unpaired) electrons. The van der Waals surface area contributed by atoms with Crippen molar-refractivity contribution in [3.63, 3.8) is 0 Å². The normalized spacial score (nSPS) is 7.88. The zero-order chi connectivity index (χ0) is 13.8. The maximum absolute atomic E-state index is 8.06. The second-order valence-corrected chi connectivity index (χ2v) is 3.26. The lowest BCUT2D eigenvalue weighted by molar-refractivity contribution is 0.216. The average molecular weight is 240 g/mol. The van der Waals surface area contributed by atoms with Crippen molar-refractivity contribution in [2.75, 3.05) is 19.8 Å². The molecule has 0 fully saturated rings. The summed E-state index contributed by atoms with van der Waals surface area (Å²) in [6, 6.07) is 0. The van der Waals surface area contributed by atoms with Crippen LogP contribution in [0.25, 0.3) is 0 Å². The molecule has 0 aromatic rings. The molecule has 0 saturated heterocycles. The molecule has 0 rings (SSSR count). The highest BCUT2D eigenvalue weighted by Gasteiger charge is 1.69. The molecule has 0 aliphatic heterocycles. The van der Waals surface area contributed by atoms with Gasteiger partial charge in [-0.3, -0.25) is 0 Å². The van der Waals surface area contributed by atoms with Gasteiger partial charge in [-0.25, -0.2) is 0 Å². The maximum atomic E-state index is 8.06. The highest BCUT2D eigenvalue weighted by Crippen LogP contribution is 1.65. The van der Waals surface area contributed by atoms with E-state index in [2.05, 4.69) is 0 Å². The van der Waals surface area contributed by atoms with Crippen molar-refractivity contribution >= 4 is 0 Å². The summed E-state index contributed by atoms with van der Waals surface area (Å²) in [5.41, 5.74) is 0. The van der Waals surface area contributed by atoms with Crippen LogP contribution in [0.15, 0.2) is 0 Å². The third-order valence-electron chi connectivity index (χ3n) is 0.671. The lowest BCUT2D eigenvalue weighted by atomic mass is 10.5. The monoisotopic (exact) mass is 240 g/mol. The van der Waals surface area contributed by atoms with Crippen LogP contribution in [0, 0.1) is 0 Å². The number of aliphatic hydroxyl groups excluding tert-OH is 4. The first-order valence-corrected chi connectivity index (χ1v) is 5.98. The van der Waals surface area contributed by atoms with Crippen molar-refractivity contribution < 1.29 is 20.4 Å². The number of rotatable bonds is 3. The molecule has 104 valence electrons. The third-order valence-corrected chi connectivity index (χ3v) is 0.671. The number of hydrogen-bond acceptors (Lipinski definition) is 4. The summed E-state index contributed by atoms with van der Waals surface area (Å²) >= 11 is 0. The van der Waals surface area contributed by atoms with E-state index in [4.69, 9.17) is 20.4 Å². The van der Waals surface area contributed by atoms with E-state index in [0.717, 1.165) is 19.3 Å². The topological polar surface area (TPSA) is 80.9 Å². The zero-order valence-corrected chi connectivity index (χ0v) is 11.6. The Morgan fingerprint density at radius 3 is 0.750 bits per heavy atom. The van der Waals surface area contributed by atoms with Gasteiger partial charge in [0.25, 0.3) is 0 Å². The average Bonchev–Trinajstić information content (AvgIpc) is 2.28. The Morgan fingerprint density at radius 2 is 0.750 bits per heavy atom. The fraction of sp³-hybridized carbons (Fsp3) is 1.00. The van der Waals surface area contributed by atoms with Crippen LogP contribution < -0.4 is 0 Å². The van der Waals surface area contributed by atoms with Crippen molar-refractivity contribution in [3.05, 3.63) is 0 Å². The van der Waals surface area contributed by atoms with Gasteiger partial charge in [0.2, 0.25) is 0 Å². The van der Waals surface area contributed by atoms with Gasteiger partial charge in [0.15, 0.2) is 0 Å². The van der Waals surface area contributed by atoms with Crippen molar-refractivity contribution in [1.29, 1.82) is 0 Å². The predicted octanol–water partition coefficient (Wildman–Crippen LogP) is 1.55. The lowest BCUT2D eigenvalue weighted by Gasteiger charge is -1.80. The summed E-state index contributed by atoms with van der Waals surface area (Å²) in [6.07, 6.45) is 2.46. The van der Waals surface area contributed by atoms with E-state index in [-0.39, 0.29) is 6.10 Å². The van der Waals surface area contributed by atoms with Crippen molar-refractivity contribution in [3.8, 4) is 0 Å². The Labute approximate surface area is 101 Å². The van der Waals surface area contributed by atoms with E-state index < -0.39 is 0 Å². The SMILES string of the molecule is CC(C)O.CCCO.CCCO.CCCO. The highest BCUT2D eigenvalue weighted by atomic mass is 16.3. The summed E-state index contributed by atoms with van der Waals surface area (Å²) in [5, 5.41) is 31.7. The van der Waals surface area contributed by atoms with Gasteiger partial charge in [0.1, 0.15) is 0 Å². The van der Waals surface area contributed by atoms with Crippen molar-refractivity contribution in [1.82, 2.24) is 0 Å². The molecule has 0 aliphatic rings. The Kier molecular flexibility index (Phi) is 56.6. The molecular formula is C12H32O4. The molecule has 0 spiro atoms. The summed E-state index contributed by atoms with van der Waals surface area (Å²) < 4.78 is 0. The molecule has 0 aliphatic carbocycles. The van der Waals surface area contributed by atoms with Crippen molar-refractivity contribution in [2.24, 2.45) is 0 Å². The van der Waals surface area contributed by atoms with Crippen LogP contribution in [0.5, 0.6) is 0 Å². The van der Waals surface area contributed by atoms with Crippen LogP contribution in [0.1, 0.15) is 53.9 Å².